The van der Waals surface area contributed by atoms with E-state index in [1.807, 2.05) is 81.4 Å². The lowest BCUT2D eigenvalue weighted by Crippen LogP contribution is -2.31. The largest absolute Gasteiger partial charge is 0.497 e. The first kappa shape index (κ1) is 23.3. The van der Waals surface area contributed by atoms with Gasteiger partial charge in [0.2, 0.25) is 0 Å². The number of ketones is 1. The molecule has 3 aromatic rings. The molecule has 0 heterocycles. The number of rotatable bonds is 8. The summed E-state index contributed by atoms with van der Waals surface area (Å²) in [6, 6.07) is 26.3. The monoisotopic (exact) mass is 430 g/mol. The molecule has 0 aliphatic heterocycles. The fourth-order valence-electron chi connectivity index (χ4n) is 3.78. The van der Waals surface area contributed by atoms with Gasteiger partial charge in [-0.25, -0.2) is 0 Å². The van der Waals surface area contributed by atoms with Gasteiger partial charge in [0.1, 0.15) is 11.4 Å². The number of esters is 1. The van der Waals surface area contributed by atoms with Crippen LogP contribution in [-0.4, -0.2) is 24.5 Å². The molecule has 4 nitrogen and oxygen atoms in total. The number of Topliss-reactive ketones (excluding diaryl/α,β-unsaturated/α-hetero) is 1. The zero-order valence-electron chi connectivity index (χ0n) is 19.1. The predicted octanol–water partition coefficient (Wildman–Crippen LogP) is 6.18. The van der Waals surface area contributed by atoms with Crippen LogP contribution >= 0.6 is 0 Å². The van der Waals surface area contributed by atoms with Gasteiger partial charge in [0.05, 0.1) is 13.0 Å². The van der Waals surface area contributed by atoms with Gasteiger partial charge in [-0.2, -0.15) is 0 Å². The minimum atomic E-state index is -0.634. The van der Waals surface area contributed by atoms with Gasteiger partial charge in [-0.3, -0.25) is 9.59 Å². The summed E-state index contributed by atoms with van der Waals surface area (Å²) in [5.74, 6) is -0.661. The number of carbonyl (C=O) groups excluding carboxylic acids is 2. The van der Waals surface area contributed by atoms with Crippen molar-refractivity contribution < 1.29 is 19.1 Å². The van der Waals surface area contributed by atoms with E-state index < -0.39 is 11.5 Å². The molecule has 32 heavy (non-hydrogen) atoms. The second-order valence-electron chi connectivity index (χ2n) is 8.79. The van der Waals surface area contributed by atoms with Crippen molar-refractivity contribution in [3.8, 4) is 5.75 Å². The second-order valence-corrected chi connectivity index (χ2v) is 8.79. The summed E-state index contributed by atoms with van der Waals surface area (Å²) in [6.07, 6.45) is 0.176. The van der Waals surface area contributed by atoms with Gasteiger partial charge in [-0.1, -0.05) is 60.7 Å². The molecular weight excluding hydrogens is 400 g/mol. The van der Waals surface area contributed by atoms with E-state index in [2.05, 4.69) is 0 Å². The molecule has 0 saturated carbocycles. The van der Waals surface area contributed by atoms with Gasteiger partial charge in [-0.15, -0.1) is 0 Å². The standard InChI is InChI=1S/C28H30O4/c1-28(2,3)32-27(30)26(22-13-9-6-10-14-22)24(20-11-7-5-8-12-20)19-25(29)21-15-17-23(31-4)18-16-21/h5-18,24,26H,19H2,1-4H3. The first-order valence-electron chi connectivity index (χ1n) is 10.8. The third-order valence-electron chi connectivity index (χ3n) is 5.27. The highest BCUT2D eigenvalue weighted by Crippen LogP contribution is 2.38. The molecule has 0 aliphatic carbocycles. The van der Waals surface area contributed by atoms with Crippen LogP contribution in [0.1, 0.15) is 60.5 Å². The summed E-state index contributed by atoms with van der Waals surface area (Å²) >= 11 is 0. The zero-order chi connectivity index (χ0) is 23.1. The molecule has 166 valence electrons. The van der Waals surface area contributed by atoms with E-state index in [9.17, 15) is 9.59 Å². The van der Waals surface area contributed by atoms with E-state index in [0.29, 0.717) is 11.3 Å². The van der Waals surface area contributed by atoms with Crippen LogP contribution in [-0.2, 0) is 9.53 Å². The van der Waals surface area contributed by atoms with Crippen molar-refractivity contribution in [1.29, 1.82) is 0 Å². The van der Waals surface area contributed by atoms with Crippen LogP contribution in [0.25, 0.3) is 0 Å². The lowest BCUT2D eigenvalue weighted by atomic mass is 9.77. The van der Waals surface area contributed by atoms with E-state index in [1.54, 1.807) is 31.4 Å². The number of methoxy groups -OCH3 is 1. The van der Waals surface area contributed by atoms with Crippen LogP contribution in [0, 0.1) is 0 Å². The summed E-state index contributed by atoms with van der Waals surface area (Å²) in [4.78, 5) is 26.7. The lowest BCUT2D eigenvalue weighted by Gasteiger charge is -2.30. The molecule has 0 saturated heterocycles. The Bertz CT molecular complexity index is 1020. The van der Waals surface area contributed by atoms with Crippen LogP contribution in [0.4, 0.5) is 0 Å². The average molecular weight is 431 g/mol. The zero-order valence-corrected chi connectivity index (χ0v) is 19.1. The third-order valence-corrected chi connectivity index (χ3v) is 5.27. The Balaban J connectivity index is 2.02. The summed E-state index contributed by atoms with van der Waals surface area (Å²) in [6.45, 7) is 5.56. The van der Waals surface area contributed by atoms with E-state index in [0.717, 1.165) is 11.1 Å². The Labute approximate surface area is 190 Å². The summed E-state index contributed by atoms with van der Waals surface area (Å²) in [5, 5.41) is 0. The van der Waals surface area contributed by atoms with Crippen molar-refractivity contribution in [3.63, 3.8) is 0 Å². The molecule has 3 aromatic carbocycles. The third kappa shape index (κ3) is 6.07. The molecule has 0 aromatic heterocycles. The van der Waals surface area contributed by atoms with Gasteiger partial charge < -0.3 is 9.47 Å². The van der Waals surface area contributed by atoms with E-state index >= 15 is 0 Å². The fourth-order valence-corrected chi connectivity index (χ4v) is 3.78. The highest BCUT2D eigenvalue weighted by Gasteiger charge is 2.36. The molecule has 0 bridgehead atoms. The Morgan fingerprint density at radius 3 is 1.81 bits per heavy atom. The SMILES string of the molecule is COc1ccc(C(=O)CC(c2ccccc2)C(C(=O)OC(C)(C)C)c2ccccc2)cc1. The maximum atomic E-state index is 13.4. The lowest BCUT2D eigenvalue weighted by molar-refractivity contribution is -0.157. The smallest absolute Gasteiger partial charge is 0.314 e. The molecule has 0 fully saturated rings. The first-order chi connectivity index (χ1) is 15.3. The van der Waals surface area contributed by atoms with E-state index in [4.69, 9.17) is 9.47 Å². The van der Waals surface area contributed by atoms with Crippen LogP contribution in [0.3, 0.4) is 0 Å². The summed E-state index contributed by atoms with van der Waals surface area (Å²) in [5.41, 5.74) is 1.71. The number of carbonyl (C=O) groups is 2. The Morgan fingerprint density at radius 1 is 0.781 bits per heavy atom. The molecular formula is C28H30O4. The highest BCUT2D eigenvalue weighted by atomic mass is 16.6. The average Bonchev–Trinajstić information content (AvgIpc) is 2.78. The number of hydrogen-bond donors (Lipinski definition) is 0. The van der Waals surface area contributed by atoms with Crippen molar-refractivity contribution >= 4 is 11.8 Å². The van der Waals surface area contributed by atoms with E-state index in [-0.39, 0.29) is 24.1 Å². The van der Waals surface area contributed by atoms with Crippen molar-refractivity contribution in [2.45, 2.75) is 44.6 Å². The summed E-state index contributed by atoms with van der Waals surface area (Å²) in [7, 11) is 1.59. The molecule has 4 heteroatoms. The summed E-state index contributed by atoms with van der Waals surface area (Å²) < 4.78 is 11.0. The van der Waals surface area contributed by atoms with Crippen LogP contribution in [0.2, 0.25) is 0 Å². The number of ether oxygens (including phenoxy) is 2. The molecule has 2 atom stereocenters. The minimum Gasteiger partial charge on any atom is -0.497 e. The van der Waals surface area contributed by atoms with Crippen molar-refractivity contribution in [1.82, 2.24) is 0 Å². The highest BCUT2D eigenvalue weighted by molar-refractivity contribution is 5.97. The molecule has 0 N–H and O–H groups in total. The van der Waals surface area contributed by atoms with Crippen molar-refractivity contribution in [3.05, 3.63) is 102 Å². The van der Waals surface area contributed by atoms with Gasteiger partial charge in [-0.05, 0) is 56.2 Å². The Kier molecular flexibility index (Phi) is 7.47. The van der Waals surface area contributed by atoms with E-state index in [1.165, 1.54) is 0 Å². The predicted molar refractivity (Wildman–Crippen MR) is 126 cm³/mol. The minimum absolute atomic E-state index is 0.0361. The normalized spacial score (nSPS) is 13.1. The van der Waals surface area contributed by atoms with Crippen molar-refractivity contribution in [2.24, 2.45) is 0 Å². The fraction of sp³-hybridized carbons (Fsp3) is 0.286. The molecule has 3 rings (SSSR count). The van der Waals surface area contributed by atoms with Crippen LogP contribution in [0.5, 0.6) is 5.75 Å². The maximum absolute atomic E-state index is 13.4. The van der Waals surface area contributed by atoms with Crippen molar-refractivity contribution in [2.75, 3.05) is 7.11 Å². The second kappa shape index (κ2) is 10.3. The van der Waals surface area contributed by atoms with Gasteiger partial charge in [0.15, 0.2) is 5.78 Å². The molecule has 0 amide bonds. The van der Waals surface area contributed by atoms with Gasteiger partial charge in [0, 0.05) is 17.9 Å². The molecule has 0 radical (unpaired) electrons. The first-order valence-corrected chi connectivity index (χ1v) is 10.8. The number of benzene rings is 3. The van der Waals surface area contributed by atoms with Crippen LogP contribution < -0.4 is 4.74 Å². The molecule has 2 unspecified atom stereocenters. The van der Waals surface area contributed by atoms with Gasteiger partial charge >= 0.3 is 5.97 Å². The maximum Gasteiger partial charge on any atom is 0.314 e. The topological polar surface area (TPSA) is 52.6 Å². The van der Waals surface area contributed by atoms with Gasteiger partial charge in [0.25, 0.3) is 0 Å². The quantitative estimate of drug-likeness (QED) is 0.316. The Hall–Kier alpha value is -3.40. The number of hydrogen-bond acceptors (Lipinski definition) is 4. The Morgan fingerprint density at radius 2 is 1.31 bits per heavy atom. The van der Waals surface area contributed by atoms with Crippen LogP contribution in [0.15, 0.2) is 84.9 Å². The molecule has 0 spiro atoms. The molecule has 0 aliphatic rings.